The molecule has 0 aliphatic heterocycles. The van der Waals surface area contributed by atoms with Crippen LogP contribution in [0.1, 0.15) is 45.9 Å². The molecule has 0 radical (unpaired) electrons. The highest BCUT2D eigenvalue weighted by Crippen LogP contribution is 2.09. The molecule has 102 valence electrons. The molecule has 0 fully saturated rings. The molecule has 1 rings (SSSR count). The Morgan fingerprint density at radius 1 is 1.50 bits per heavy atom. The first-order chi connectivity index (χ1) is 8.29. The second-order valence-electron chi connectivity index (χ2n) is 5.60. The fraction of sp³-hybridized carbons (Fsp3) is 0.692. The predicted octanol–water partition coefficient (Wildman–Crippen LogP) is 1.38. The zero-order valence-electron chi connectivity index (χ0n) is 11.9. The van der Waals surface area contributed by atoms with E-state index in [9.17, 15) is 4.79 Å². The Kier molecular flexibility index (Phi) is 4.90. The summed E-state index contributed by atoms with van der Waals surface area (Å²) in [5.41, 5.74) is 0.955. The lowest BCUT2D eigenvalue weighted by Crippen LogP contribution is -2.41. The lowest BCUT2D eigenvalue weighted by Gasteiger charge is -2.21. The minimum absolute atomic E-state index is 0.0761. The van der Waals surface area contributed by atoms with Gasteiger partial charge in [0.1, 0.15) is 0 Å². The van der Waals surface area contributed by atoms with E-state index >= 15 is 0 Å². The maximum absolute atomic E-state index is 11.6. The van der Waals surface area contributed by atoms with Gasteiger partial charge >= 0.3 is 0 Å². The molecule has 0 aromatic carbocycles. The molecule has 1 atom stereocenters. The quantitative estimate of drug-likeness (QED) is 0.832. The fourth-order valence-corrected chi connectivity index (χ4v) is 1.80. The lowest BCUT2D eigenvalue weighted by atomic mass is 10.1. The molecular weight excluding hydrogens is 228 g/mol. The highest BCUT2D eigenvalue weighted by molar-refractivity contribution is 5.76. The van der Waals surface area contributed by atoms with E-state index < -0.39 is 0 Å². The number of nitrogens with zero attached hydrogens (tertiary/aromatic N) is 2. The number of amides is 1. The molecule has 1 amide bonds. The maximum atomic E-state index is 11.6. The van der Waals surface area contributed by atoms with Gasteiger partial charge in [-0.05, 0) is 33.8 Å². The van der Waals surface area contributed by atoms with Crippen molar-refractivity contribution >= 4 is 5.91 Å². The highest BCUT2D eigenvalue weighted by atomic mass is 16.1. The highest BCUT2D eigenvalue weighted by Gasteiger charge is 2.14. The Balaban J connectivity index is 2.30. The summed E-state index contributed by atoms with van der Waals surface area (Å²) in [4.78, 5) is 11.6. The van der Waals surface area contributed by atoms with Crippen molar-refractivity contribution in [3.8, 4) is 0 Å². The van der Waals surface area contributed by atoms with Crippen LogP contribution in [0, 0.1) is 0 Å². The minimum Gasteiger partial charge on any atom is -0.351 e. The van der Waals surface area contributed by atoms with Crippen LogP contribution in [0.15, 0.2) is 12.3 Å². The summed E-state index contributed by atoms with van der Waals surface area (Å²) >= 11 is 0. The van der Waals surface area contributed by atoms with E-state index in [4.69, 9.17) is 0 Å². The molecule has 5 heteroatoms. The molecule has 0 aliphatic carbocycles. The number of aromatic nitrogens is 2. The maximum Gasteiger partial charge on any atom is 0.221 e. The first kappa shape index (κ1) is 14.7. The van der Waals surface area contributed by atoms with Crippen LogP contribution < -0.4 is 10.6 Å². The first-order valence-corrected chi connectivity index (χ1v) is 6.32. The van der Waals surface area contributed by atoms with Crippen molar-refractivity contribution in [2.75, 3.05) is 6.54 Å². The van der Waals surface area contributed by atoms with Crippen LogP contribution in [0.4, 0.5) is 0 Å². The summed E-state index contributed by atoms with van der Waals surface area (Å²) in [5, 5.41) is 10.4. The third kappa shape index (κ3) is 4.87. The Hall–Kier alpha value is -1.36. The van der Waals surface area contributed by atoms with Crippen LogP contribution in [-0.4, -0.2) is 27.8 Å². The second kappa shape index (κ2) is 6.00. The number of carbonyl (C=O) groups excluding carboxylic acids is 1. The van der Waals surface area contributed by atoms with Gasteiger partial charge in [-0.3, -0.25) is 9.48 Å². The van der Waals surface area contributed by atoms with Crippen molar-refractivity contribution < 1.29 is 4.79 Å². The summed E-state index contributed by atoms with van der Waals surface area (Å²) < 4.78 is 1.84. The van der Waals surface area contributed by atoms with Crippen molar-refractivity contribution in [3.63, 3.8) is 0 Å². The monoisotopic (exact) mass is 252 g/mol. The second-order valence-corrected chi connectivity index (χ2v) is 5.60. The van der Waals surface area contributed by atoms with E-state index in [0.29, 0.717) is 13.0 Å². The molecule has 0 bridgehead atoms. The number of hydrogen-bond acceptors (Lipinski definition) is 3. The summed E-state index contributed by atoms with van der Waals surface area (Å²) in [6.07, 6.45) is 2.26. The SMILES string of the molecule is CC(NCCC(=O)NC(C)(C)C)c1ccnn1C. The summed E-state index contributed by atoms with van der Waals surface area (Å²) in [5.74, 6) is 0.0761. The largest absolute Gasteiger partial charge is 0.351 e. The average molecular weight is 252 g/mol. The van der Waals surface area contributed by atoms with Crippen molar-refractivity contribution in [3.05, 3.63) is 18.0 Å². The average Bonchev–Trinajstić information content (AvgIpc) is 2.61. The van der Waals surface area contributed by atoms with Crippen molar-refractivity contribution in [2.45, 2.75) is 45.7 Å². The zero-order valence-corrected chi connectivity index (χ0v) is 11.9. The van der Waals surface area contributed by atoms with Gasteiger partial charge in [-0.15, -0.1) is 0 Å². The van der Waals surface area contributed by atoms with Crippen LogP contribution in [-0.2, 0) is 11.8 Å². The van der Waals surface area contributed by atoms with Gasteiger partial charge in [0.2, 0.25) is 5.91 Å². The van der Waals surface area contributed by atoms with E-state index in [0.717, 1.165) is 5.69 Å². The summed E-state index contributed by atoms with van der Waals surface area (Å²) in [7, 11) is 1.92. The number of rotatable bonds is 5. The molecule has 0 aliphatic rings. The standard InChI is InChI=1S/C13H24N4O/c1-10(11-6-9-15-17(11)5)14-8-7-12(18)16-13(2,3)4/h6,9-10,14H,7-8H2,1-5H3,(H,16,18). The van der Waals surface area contributed by atoms with Gasteiger partial charge in [0.05, 0.1) is 5.69 Å². The van der Waals surface area contributed by atoms with Crippen LogP contribution in [0.2, 0.25) is 0 Å². The van der Waals surface area contributed by atoms with Gasteiger partial charge in [-0.2, -0.15) is 5.10 Å². The molecule has 1 heterocycles. The van der Waals surface area contributed by atoms with E-state index in [1.807, 2.05) is 38.6 Å². The number of carbonyl (C=O) groups is 1. The number of nitrogens with one attached hydrogen (secondary N) is 2. The molecule has 1 aromatic heterocycles. The van der Waals surface area contributed by atoms with E-state index in [2.05, 4.69) is 22.7 Å². The molecule has 18 heavy (non-hydrogen) atoms. The lowest BCUT2D eigenvalue weighted by molar-refractivity contribution is -0.122. The third-order valence-electron chi connectivity index (χ3n) is 2.62. The third-order valence-corrected chi connectivity index (χ3v) is 2.62. The van der Waals surface area contributed by atoms with E-state index in [1.54, 1.807) is 6.20 Å². The summed E-state index contributed by atoms with van der Waals surface area (Å²) in [6.45, 7) is 8.68. The van der Waals surface area contributed by atoms with Crippen LogP contribution in [0.25, 0.3) is 0 Å². The molecule has 1 aromatic rings. The van der Waals surface area contributed by atoms with Gasteiger partial charge < -0.3 is 10.6 Å². The van der Waals surface area contributed by atoms with Crippen molar-refractivity contribution in [1.29, 1.82) is 0 Å². The summed E-state index contributed by atoms with van der Waals surface area (Å²) in [6, 6.07) is 2.17. The molecule has 0 saturated heterocycles. The Morgan fingerprint density at radius 3 is 2.67 bits per heavy atom. The smallest absolute Gasteiger partial charge is 0.221 e. The van der Waals surface area contributed by atoms with Gasteiger partial charge in [-0.1, -0.05) is 0 Å². The van der Waals surface area contributed by atoms with E-state index in [-0.39, 0.29) is 17.5 Å². The van der Waals surface area contributed by atoms with Gasteiger partial charge in [0.15, 0.2) is 0 Å². The van der Waals surface area contributed by atoms with Crippen molar-refractivity contribution in [1.82, 2.24) is 20.4 Å². The molecular formula is C13H24N4O. The van der Waals surface area contributed by atoms with Gasteiger partial charge in [0, 0.05) is 37.8 Å². The first-order valence-electron chi connectivity index (χ1n) is 6.32. The Labute approximate surface area is 109 Å². The molecule has 0 saturated carbocycles. The van der Waals surface area contributed by atoms with Crippen molar-refractivity contribution in [2.24, 2.45) is 7.05 Å². The molecule has 5 nitrogen and oxygen atoms in total. The predicted molar refractivity (Wildman–Crippen MR) is 72.1 cm³/mol. The van der Waals surface area contributed by atoms with Crippen LogP contribution >= 0.6 is 0 Å². The topological polar surface area (TPSA) is 59.0 Å². The molecule has 0 spiro atoms. The number of aryl methyl sites for hydroxylation is 1. The minimum atomic E-state index is -0.162. The zero-order chi connectivity index (χ0) is 13.8. The van der Waals surface area contributed by atoms with Gasteiger partial charge in [0.25, 0.3) is 0 Å². The van der Waals surface area contributed by atoms with Crippen LogP contribution in [0.3, 0.4) is 0 Å². The van der Waals surface area contributed by atoms with Gasteiger partial charge in [-0.25, -0.2) is 0 Å². The Bertz CT molecular complexity index is 392. The molecule has 2 N–H and O–H groups in total. The van der Waals surface area contributed by atoms with Crippen LogP contribution in [0.5, 0.6) is 0 Å². The fourth-order valence-electron chi connectivity index (χ4n) is 1.80. The Morgan fingerprint density at radius 2 is 2.17 bits per heavy atom. The van der Waals surface area contributed by atoms with E-state index in [1.165, 1.54) is 0 Å². The molecule has 1 unspecified atom stereocenters. The number of hydrogen-bond donors (Lipinski definition) is 2. The normalized spacial score (nSPS) is 13.4.